The van der Waals surface area contributed by atoms with Gasteiger partial charge in [0.1, 0.15) is 5.75 Å². The molecule has 100 valence electrons. The van der Waals surface area contributed by atoms with E-state index in [1.54, 1.807) is 0 Å². The van der Waals surface area contributed by atoms with Gasteiger partial charge in [0.15, 0.2) is 5.15 Å². The summed E-state index contributed by atoms with van der Waals surface area (Å²) in [6, 6.07) is 7.51. The van der Waals surface area contributed by atoms with E-state index < -0.39 is 0 Å². The molecule has 0 bridgehead atoms. The summed E-state index contributed by atoms with van der Waals surface area (Å²) < 4.78 is 5.68. The van der Waals surface area contributed by atoms with Crippen molar-refractivity contribution >= 4 is 11.6 Å². The molecule has 0 unspecified atom stereocenters. The van der Waals surface area contributed by atoms with Crippen LogP contribution in [0.15, 0.2) is 24.3 Å². The highest BCUT2D eigenvalue weighted by molar-refractivity contribution is 6.30. The van der Waals surface area contributed by atoms with Crippen LogP contribution in [0, 0.1) is 13.8 Å². The first kappa shape index (κ1) is 13.8. The van der Waals surface area contributed by atoms with E-state index in [4.69, 9.17) is 21.4 Å². The van der Waals surface area contributed by atoms with Gasteiger partial charge in [0, 0.05) is 12.2 Å². The van der Waals surface area contributed by atoms with Crippen molar-refractivity contribution in [1.82, 2.24) is 10.2 Å². The van der Waals surface area contributed by atoms with Gasteiger partial charge in [-0.15, -0.1) is 10.2 Å². The Morgan fingerprint density at radius 1 is 1.11 bits per heavy atom. The van der Waals surface area contributed by atoms with Crippen LogP contribution in [-0.2, 0) is 6.42 Å². The number of ether oxygens (including phenoxy) is 1. The van der Waals surface area contributed by atoms with E-state index in [0.717, 1.165) is 16.7 Å². The van der Waals surface area contributed by atoms with Gasteiger partial charge in [-0.3, -0.25) is 0 Å². The van der Waals surface area contributed by atoms with Crippen molar-refractivity contribution in [3.05, 3.63) is 46.1 Å². The van der Waals surface area contributed by atoms with Gasteiger partial charge < -0.3 is 9.84 Å². The van der Waals surface area contributed by atoms with Crippen molar-refractivity contribution in [3.8, 4) is 11.6 Å². The minimum atomic E-state index is 0.140. The molecule has 0 spiro atoms. The number of benzene rings is 1. The van der Waals surface area contributed by atoms with Crippen LogP contribution in [0.1, 0.15) is 16.7 Å². The summed E-state index contributed by atoms with van der Waals surface area (Å²) in [5.41, 5.74) is 2.80. The van der Waals surface area contributed by atoms with Crippen molar-refractivity contribution in [2.24, 2.45) is 0 Å². The third-order valence-electron chi connectivity index (χ3n) is 2.96. The van der Waals surface area contributed by atoms with Gasteiger partial charge in [0.2, 0.25) is 5.88 Å². The summed E-state index contributed by atoms with van der Waals surface area (Å²) >= 11 is 5.89. The fourth-order valence-electron chi connectivity index (χ4n) is 1.62. The Bertz CT molecular complexity index is 570. The molecule has 0 amide bonds. The Kier molecular flexibility index (Phi) is 4.35. The molecule has 19 heavy (non-hydrogen) atoms. The summed E-state index contributed by atoms with van der Waals surface area (Å²) in [7, 11) is 0. The average molecular weight is 279 g/mol. The van der Waals surface area contributed by atoms with Gasteiger partial charge in [0.25, 0.3) is 0 Å². The van der Waals surface area contributed by atoms with Crippen molar-refractivity contribution in [2.75, 3.05) is 6.61 Å². The normalized spacial score (nSPS) is 10.5. The van der Waals surface area contributed by atoms with Crippen LogP contribution in [0.2, 0.25) is 5.15 Å². The largest absolute Gasteiger partial charge is 0.437 e. The lowest BCUT2D eigenvalue weighted by atomic mass is 10.1. The molecule has 1 N–H and O–H groups in total. The molecule has 2 rings (SSSR count). The Hall–Kier alpha value is -1.65. The molecule has 0 atom stereocenters. The topological polar surface area (TPSA) is 55.2 Å². The zero-order chi connectivity index (χ0) is 13.8. The third kappa shape index (κ3) is 3.22. The first-order valence-corrected chi connectivity index (χ1v) is 6.36. The molecule has 2 aromatic rings. The molecule has 1 heterocycles. The summed E-state index contributed by atoms with van der Waals surface area (Å²) in [6.45, 7) is 3.91. The van der Waals surface area contributed by atoms with Gasteiger partial charge in [-0.1, -0.05) is 23.7 Å². The molecular weight excluding hydrogens is 264 g/mol. The second-order valence-electron chi connectivity index (χ2n) is 4.27. The first-order valence-electron chi connectivity index (χ1n) is 5.99. The standard InChI is InChI=1S/C14H15ClN2O2/c1-9-10(2)14(17-16-13(9)15)19-12-5-3-11(4-6-12)7-8-18/h3-6,18H,7-8H2,1-2H3. The van der Waals surface area contributed by atoms with E-state index in [2.05, 4.69) is 10.2 Å². The Balaban J connectivity index is 2.19. The average Bonchev–Trinajstić information content (AvgIpc) is 2.42. The van der Waals surface area contributed by atoms with Crippen LogP contribution in [-0.4, -0.2) is 21.9 Å². The smallest absolute Gasteiger partial charge is 0.242 e. The molecule has 0 fully saturated rings. The predicted octanol–water partition coefficient (Wildman–Crippen LogP) is 3.07. The highest BCUT2D eigenvalue weighted by Gasteiger charge is 2.10. The lowest BCUT2D eigenvalue weighted by molar-refractivity contribution is 0.299. The van der Waals surface area contributed by atoms with Crippen molar-refractivity contribution in [3.63, 3.8) is 0 Å². The zero-order valence-corrected chi connectivity index (χ0v) is 11.6. The Morgan fingerprint density at radius 2 is 1.79 bits per heavy atom. The van der Waals surface area contributed by atoms with Gasteiger partial charge >= 0.3 is 0 Å². The second kappa shape index (κ2) is 5.99. The van der Waals surface area contributed by atoms with Gasteiger partial charge in [0.05, 0.1) is 0 Å². The summed E-state index contributed by atoms with van der Waals surface area (Å²) in [5, 5.41) is 17.0. The van der Waals surface area contributed by atoms with Crippen LogP contribution < -0.4 is 4.74 Å². The molecule has 0 saturated carbocycles. The monoisotopic (exact) mass is 278 g/mol. The van der Waals surface area contributed by atoms with Crippen molar-refractivity contribution in [1.29, 1.82) is 0 Å². The number of nitrogens with zero attached hydrogens (tertiary/aromatic N) is 2. The van der Waals surface area contributed by atoms with E-state index in [9.17, 15) is 0 Å². The highest BCUT2D eigenvalue weighted by atomic mass is 35.5. The maximum atomic E-state index is 8.86. The van der Waals surface area contributed by atoms with Crippen LogP contribution in [0.25, 0.3) is 0 Å². The van der Waals surface area contributed by atoms with Crippen LogP contribution in [0.4, 0.5) is 0 Å². The molecule has 0 radical (unpaired) electrons. The number of halogens is 1. The number of hydrogen-bond acceptors (Lipinski definition) is 4. The van der Waals surface area contributed by atoms with Gasteiger partial charge in [-0.2, -0.15) is 0 Å². The minimum Gasteiger partial charge on any atom is -0.437 e. The minimum absolute atomic E-state index is 0.140. The van der Waals surface area contributed by atoms with E-state index in [0.29, 0.717) is 23.2 Å². The van der Waals surface area contributed by atoms with Gasteiger partial charge in [-0.05, 0) is 43.5 Å². The number of aromatic nitrogens is 2. The molecule has 4 nitrogen and oxygen atoms in total. The quantitative estimate of drug-likeness (QED) is 0.934. The summed E-state index contributed by atoms with van der Waals surface area (Å²) in [5.74, 6) is 1.14. The fraction of sp³-hybridized carbons (Fsp3) is 0.286. The van der Waals surface area contributed by atoms with E-state index in [-0.39, 0.29) is 6.61 Å². The predicted molar refractivity (Wildman–Crippen MR) is 73.8 cm³/mol. The summed E-state index contributed by atoms with van der Waals surface area (Å²) in [4.78, 5) is 0. The first-order chi connectivity index (χ1) is 9.11. The SMILES string of the molecule is Cc1c(Cl)nnc(Oc2ccc(CCO)cc2)c1C. The van der Waals surface area contributed by atoms with E-state index in [1.807, 2.05) is 38.1 Å². The molecule has 0 aliphatic carbocycles. The van der Waals surface area contributed by atoms with Crippen molar-refractivity contribution < 1.29 is 9.84 Å². The maximum absolute atomic E-state index is 8.86. The fourth-order valence-corrected chi connectivity index (χ4v) is 1.80. The molecule has 5 heteroatoms. The van der Waals surface area contributed by atoms with Crippen LogP contribution >= 0.6 is 11.6 Å². The third-order valence-corrected chi connectivity index (χ3v) is 3.32. The van der Waals surface area contributed by atoms with Gasteiger partial charge in [-0.25, -0.2) is 0 Å². The Labute approximate surface area is 117 Å². The molecule has 1 aromatic carbocycles. The second-order valence-corrected chi connectivity index (χ2v) is 4.62. The van der Waals surface area contributed by atoms with E-state index >= 15 is 0 Å². The zero-order valence-electron chi connectivity index (χ0n) is 10.9. The van der Waals surface area contributed by atoms with Crippen molar-refractivity contribution in [2.45, 2.75) is 20.3 Å². The Morgan fingerprint density at radius 3 is 2.42 bits per heavy atom. The summed E-state index contributed by atoms with van der Waals surface area (Å²) in [6.07, 6.45) is 0.638. The van der Waals surface area contributed by atoms with E-state index in [1.165, 1.54) is 0 Å². The molecule has 0 saturated heterocycles. The molecule has 0 aliphatic heterocycles. The molecule has 0 aliphatic rings. The highest BCUT2D eigenvalue weighted by Crippen LogP contribution is 2.26. The number of rotatable bonds is 4. The lowest BCUT2D eigenvalue weighted by Crippen LogP contribution is -1.98. The lowest BCUT2D eigenvalue weighted by Gasteiger charge is -2.09. The number of hydrogen-bond donors (Lipinski definition) is 1. The maximum Gasteiger partial charge on any atom is 0.242 e. The number of aliphatic hydroxyl groups excluding tert-OH is 1. The van der Waals surface area contributed by atoms with Crippen LogP contribution in [0.5, 0.6) is 11.6 Å². The molecule has 1 aromatic heterocycles. The molecular formula is C14H15ClN2O2. The number of aliphatic hydroxyl groups is 1. The van der Waals surface area contributed by atoms with Crippen LogP contribution in [0.3, 0.4) is 0 Å².